The quantitative estimate of drug-likeness (QED) is 0.388. The molecular formula is C19H24IN3O2S. The number of fused-ring (bicyclic) bond motifs is 1. The Bertz CT molecular complexity index is 781. The first-order chi connectivity index (χ1) is 12.1. The Kier molecular flexibility index (Phi) is 7.89. The molecule has 3 N–H and O–H groups in total. The number of ether oxygens (including phenoxy) is 1. The van der Waals surface area contributed by atoms with E-state index in [1.54, 1.807) is 6.26 Å². The molecular weight excluding hydrogens is 461 g/mol. The van der Waals surface area contributed by atoms with Gasteiger partial charge in [-0.25, -0.2) is 4.99 Å². The molecule has 0 bridgehead atoms. The van der Waals surface area contributed by atoms with Gasteiger partial charge in [0.15, 0.2) is 5.96 Å². The Labute approximate surface area is 173 Å². The molecule has 26 heavy (non-hydrogen) atoms. The number of aliphatic imine (C=N–C) groups is 1. The Balaban J connectivity index is 0.00000243. The van der Waals surface area contributed by atoms with Crippen molar-refractivity contribution in [1.29, 1.82) is 0 Å². The smallest absolute Gasteiger partial charge is 0.189 e. The van der Waals surface area contributed by atoms with E-state index in [0.717, 1.165) is 28.9 Å². The van der Waals surface area contributed by atoms with E-state index >= 15 is 0 Å². The van der Waals surface area contributed by atoms with Crippen LogP contribution in [0.2, 0.25) is 0 Å². The molecule has 5 nitrogen and oxygen atoms in total. The minimum absolute atomic E-state index is 0. The average molecular weight is 485 g/mol. The summed E-state index contributed by atoms with van der Waals surface area (Å²) >= 11 is 0. The third-order valence-corrected chi connectivity index (χ3v) is 4.85. The lowest BCUT2D eigenvalue weighted by Gasteiger charge is -2.26. The van der Waals surface area contributed by atoms with Gasteiger partial charge in [0.1, 0.15) is 5.75 Å². The molecule has 0 aliphatic carbocycles. The molecule has 0 fully saturated rings. The summed E-state index contributed by atoms with van der Waals surface area (Å²) in [7, 11) is -0.825. The fourth-order valence-corrected chi connectivity index (χ4v) is 3.53. The van der Waals surface area contributed by atoms with Gasteiger partial charge in [0.05, 0.1) is 19.2 Å². The first kappa shape index (κ1) is 20.7. The molecule has 2 aromatic carbocycles. The van der Waals surface area contributed by atoms with Gasteiger partial charge in [-0.1, -0.05) is 42.5 Å². The number of rotatable bonds is 5. The van der Waals surface area contributed by atoms with E-state index in [-0.39, 0.29) is 30.0 Å². The summed E-state index contributed by atoms with van der Waals surface area (Å²) in [5.41, 5.74) is 9.32. The van der Waals surface area contributed by atoms with Gasteiger partial charge in [-0.3, -0.25) is 4.21 Å². The van der Waals surface area contributed by atoms with Gasteiger partial charge in [0.2, 0.25) is 0 Å². The summed E-state index contributed by atoms with van der Waals surface area (Å²) < 4.78 is 16.9. The van der Waals surface area contributed by atoms with Gasteiger partial charge < -0.3 is 15.8 Å². The van der Waals surface area contributed by atoms with Crippen molar-refractivity contribution < 1.29 is 8.95 Å². The molecule has 140 valence electrons. The number of halogens is 1. The summed E-state index contributed by atoms with van der Waals surface area (Å²) in [5, 5.41) is 3.29. The topological polar surface area (TPSA) is 76.7 Å². The van der Waals surface area contributed by atoms with Gasteiger partial charge in [0.25, 0.3) is 0 Å². The molecule has 0 spiro atoms. The van der Waals surface area contributed by atoms with E-state index in [4.69, 9.17) is 10.5 Å². The van der Waals surface area contributed by atoms with Crippen molar-refractivity contribution in [3.8, 4) is 5.75 Å². The maximum Gasteiger partial charge on any atom is 0.189 e. The number of nitrogens with one attached hydrogen (secondary N) is 1. The lowest BCUT2D eigenvalue weighted by atomic mass is 10.0. The van der Waals surface area contributed by atoms with Crippen LogP contribution in [0.4, 0.5) is 0 Å². The number of para-hydroxylation sites is 1. The number of guanidine groups is 1. The fourth-order valence-electron chi connectivity index (χ4n) is 2.87. The van der Waals surface area contributed by atoms with E-state index in [2.05, 4.69) is 16.4 Å². The van der Waals surface area contributed by atoms with Gasteiger partial charge in [-0.05, 0) is 17.2 Å². The highest BCUT2D eigenvalue weighted by Crippen LogP contribution is 2.31. The molecule has 0 saturated heterocycles. The molecule has 7 heteroatoms. The van der Waals surface area contributed by atoms with Crippen molar-refractivity contribution in [1.82, 2.24) is 5.32 Å². The maximum absolute atomic E-state index is 11.2. The molecule has 1 aliphatic heterocycles. The average Bonchev–Trinajstić information content (AvgIpc) is 2.61. The summed E-state index contributed by atoms with van der Waals surface area (Å²) in [5.74, 6) is 1.92. The molecule has 1 aliphatic rings. The van der Waals surface area contributed by atoms with Crippen molar-refractivity contribution in [3.63, 3.8) is 0 Å². The van der Waals surface area contributed by atoms with E-state index in [0.29, 0.717) is 24.9 Å². The van der Waals surface area contributed by atoms with Gasteiger partial charge in [-0.15, -0.1) is 24.0 Å². The summed E-state index contributed by atoms with van der Waals surface area (Å²) in [6.45, 7) is 1.18. The molecule has 2 unspecified atom stereocenters. The largest absolute Gasteiger partial charge is 0.493 e. The molecule has 0 radical (unpaired) electrons. The van der Waals surface area contributed by atoms with E-state index in [1.165, 1.54) is 0 Å². The van der Waals surface area contributed by atoms with Crippen LogP contribution in [-0.4, -0.2) is 23.0 Å². The number of nitrogens with zero attached hydrogens (tertiary/aromatic N) is 1. The van der Waals surface area contributed by atoms with Crippen LogP contribution in [0.15, 0.2) is 53.5 Å². The van der Waals surface area contributed by atoms with Crippen LogP contribution >= 0.6 is 24.0 Å². The number of benzene rings is 2. The highest BCUT2D eigenvalue weighted by Gasteiger charge is 2.21. The first-order valence-corrected chi connectivity index (χ1v) is 10.0. The Hall–Kier alpha value is -1.61. The van der Waals surface area contributed by atoms with Gasteiger partial charge in [-0.2, -0.15) is 0 Å². The highest BCUT2D eigenvalue weighted by molar-refractivity contribution is 14.0. The predicted octanol–water partition coefficient (Wildman–Crippen LogP) is 3.11. The summed E-state index contributed by atoms with van der Waals surface area (Å²) in [6.07, 6.45) is 2.56. The van der Waals surface area contributed by atoms with Crippen LogP contribution in [0.3, 0.4) is 0 Å². The van der Waals surface area contributed by atoms with Crippen LogP contribution in [-0.2, 0) is 23.1 Å². The van der Waals surface area contributed by atoms with Crippen LogP contribution in [0.1, 0.15) is 29.2 Å². The van der Waals surface area contributed by atoms with Gasteiger partial charge in [0, 0.05) is 34.8 Å². The van der Waals surface area contributed by atoms with Crippen LogP contribution < -0.4 is 15.8 Å². The minimum Gasteiger partial charge on any atom is -0.493 e. The first-order valence-electron chi connectivity index (χ1n) is 8.28. The Morgan fingerprint density at radius 1 is 1.23 bits per heavy atom. The van der Waals surface area contributed by atoms with Crippen LogP contribution in [0, 0.1) is 0 Å². The second kappa shape index (κ2) is 9.91. The molecule has 0 aromatic heterocycles. The fraction of sp³-hybridized carbons (Fsp3) is 0.316. The van der Waals surface area contributed by atoms with Crippen molar-refractivity contribution in [2.75, 3.05) is 12.9 Å². The third kappa shape index (κ3) is 5.70. The predicted molar refractivity (Wildman–Crippen MR) is 117 cm³/mol. The standard InChI is InChI=1S/C19H23N3O2S.HI/c1-25(23)13-15-8-6-14(7-9-15)12-21-19(20)22-17-10-11-24-18-5-3-2-4-16(17)18;/h2-9,17H,10-13H2,1H3,(H3,20,21,22);1H. The SMILES string of the molecule is CS(=O)Cc1ccc(CN=C(N)NC2CCOc3ccccc32)cc1.I. The lowest BCUT2D eigenvalue weighted by molar-refractivity contribution is 0.262. The molecule has 2 atom stereocenters. The van der Waals surface area contributed by atoms with Crippen molar-refractivity contribution in [2.45, 2.75) is 24.8 Å². The monoisotopic (exact) mass is 485 g/mol. The highest BCUT2D eigenvalue weighted by atomic mass is 127. The number of nitrogens with two attached hydrogens (primary N) is 1. The number of hydrogen-bond donors (Lipinski definition) is 2. The molecule has 0 saturated carbocycles. The second-order valence-corrected chi connectivity index (χ2v) is 7.54. The number of hydrogen-bond acceptors (Lipinski definition) is 3. The van der Waals surface area contributed by atoms with Crippen LogP contribution in [0.25, 0.3) is 0 Å². The minimum atomic E-state index is -0.825. The van der Waals surface area contributed by atoms with Crippen molar-refractivity contribution in [3.05, 3.63) is 65.2 Å². The van der Waals surface area contributed by atoms with Gasteiger partial charge >= 0.3 is 0 Å². The molecule has 3 rings (SSSR count). The molecule has 0 amide bonds. The molecule has 1 heterocycles. The summed E-state index contributed by atoms with van der Waals surface area (Å²) in [6, 6.07) is 16.1. The second-order valence-electron chi connectivity index (χ2n) is 6.11. The Morgan fingerprint density at radius 3 is 2.65 bits per heavy atom. The third-order valence-electron chi connectivity index (χ3n) is 4.11. The van der Waals surface area contributed by atoms with Crippen molar-refractivity contribution in [2.24, 2.45) is 10.7 Å². The van der Waals surface area contributed by atoms with Crippen molar-refractivity contribution >= 4 is 40.7 Å². The van der Waals surface area contributed by atoms with E-state index < -0.39 is 10.8 Å². The Morgan fingerprint density at radius 2 is 1.92 bits per heavy atom. The van der Waals surface area contributed by atoms with E-state index in [1.807, 2.05) is 42.5 Å². The maximum atomic E-state index is 11.2. The van der Waals surface area contributed by atoms with E-state index in [9.17, 15) is 4.21 Å². The van der Waals surface area contributed by atoms with Crippen LogP contribution in [0.5, 0.6) is 5.75 Å². The molecule has 2 aromatic rings. The zero-order chi connectivity index (χ0) is 17.6. The summed E-state index contributed by atoms with van der Waals surface area (Å²) in [4.78, 5) is 4.43. The lowest BCUT2D eigenvalue weighted by Crippen LogP contribution is -2.37. The zero-order valence-corrected chi connectivity index (χ0v) is 17.8. The zero-order valence-electron chi connectivity index (χ0n) is 14.7. The normalized spacial score (nSPS) is 17.4.